The predicted molar refractivity (Wildman–Crippen MR) is 87.8 cm³/mol. The van der Waals surface area contributed by atoms with Gasteiger partial charge in [0.2, 0.25) is 0 Å². The van der Waals surface area contributed by atoms with E-state index in [4.69, 9.17) is 10.2 Å². The first-order valence-corrected chi connectivity index (χ1v) is 7.92. The van der Waals surface area contributed by atoms with Crippen LogP contribution in [0.4, 0.5) is 0 Å². The number of hydrogen-bond acceptors (Lipinski definition) is 2. The third-order valence-electron chi connectivity index (χ3n) is 3.97. The van der Waals surface area contributed by atoms with Gasteiger partial charge in [-0.25, -0.2) is 0 Å². The third kappa shape index (κ3) is 10.1. The van der Waals surface area contributed by atoms with Crippen molar-refractivity contribution in [3.8, 4) is 0 Å². The second-order valence-corrected chi connectivity index (χ2v) is 5.87. The Hall–Kier alpha value is -0.294. The van der Waals surface area contributed by atoms with Crippen LogP contribution in [0.15, 0.2) is 0 Å². The van der Waals surface area contributed by atoms with Gasteiger partial charge in [0.1, 0.15) is 0 Å². The minimum absolute atomic E-state index is 0. The molecule has 0 saturated heterocycles. The number of carboxylic acids is 2. The summed E-state index contributed by atoms with van der Waals surface area (Å²) in [4.78, 5) is 21.9. The standard InChI is InChI=1S/C16H30O4.Mg.2H/c1-3-4-5-6-7-8-9-10-11-12-13-16(2,14(17)18)15(19)20;;;/h3-13H2,1-2H3,(H,17,18)(H,19,20);;;/q;+2;2*-1. The molecule has 21 heavy (non-hydrogen) atoms. The van der Waals surface area contributed by atoms with Crippen LogP contribution < -0.4 is 0 Å². The van der Waals surface area contributed by atoms with Crippen LogP contribution in [0.25, 0.3) is 0 Å². The Bertz CT molecular complexity index is 288. The van der Waals surface area contributed by atoms with E-state index < -0.39 is 17.4 Å². The van der Waals surface area contributed by atoms with E-state index in [1.54, 1.807) is 0 Å². The van der Waals surface area contributed by atoms with Gasteiger partial charge in [-0.3, -0.25) is 9.59 Å². The quantitative estimate of drug-likeness (QED) is 0.302. The van der Waals surface area contributed by atoms with Crippen molar-refractivity contribution in [1.82, 2.24) is 0 Å². The van der Waals surface area contributed by atoms with Crippen LogP contribution in [-0.4, -0.2) is 45.2 Å². The van der Waals surface area contributed by atoms with E-state index in [1.165, 1.54) is 51.9 Å². The summed E-state index contributed by atoms with van der Waals surface area (Å²) in [5.41, 5.74) is -1.62. The molecular weight excluding hydrogens is 280 g/mol. The first kappa shape index (κ1) is 23.0. The normalized spacial score (nSPS) is 11.0. The topological polar surface area (TPSA) is 74.6 Å². The zero-order chi connectivity index (χ0) is 15.4. The fraction of sp³-hybridized carbons (Fsp3) is 0.875. The van der Waals surface area contributed by atoms with Crippen LogP contribution in [0.1, 0.15) is 87.3 Å². The largest absolute Gasteiger partial charge is 2.00 e. The third-order valence-corrected chi connectivity index (χ3v) is 3.97. The fourth-order valence-corrected chi connectivity index (χ4v) is 2.27. The molecule has 0 radical (unpaired) electrons. The number of aliphatic carboxylic acids is 2. The molecule has 0 aromatic carbocycles. The SMILES string of the molecule is CCCCCCCCCCCCC(C)(C(=O)O)C(=O)O.[H-].[H-].[Mg+2]. The second-order valence-electron chi connectivity index (χ2n) is 5.87. The van der Waals surface area contributed by atoms with Gasteiger partial charge in [0.05, 0.1) is 0 Å². The first-order valence-electron chi connectivity index (χ1n) is 7.92. The monoisotopic (exact) mass is 312 g/mol. The van der Waals surface area contributed by atoms with Crippen LogP contribution in [0.3, 0.4) is 0 Å². The van der Waals surface area contributed by atoms with Crippen LogP contribution in [0, 0.1) is 5.41 Å². The maximum absolute atomic E-state index is 11.0. The van der Waals surface area contributed by atoms with E-state index in [0.717, 1.165) is 12.8 Å². The van der Waals surface area contributed by atoms with Crippen molar-refractivity contribution >= 4 is 35.0 Å². The van der Waals surface area contributed by atoms with Gasteiger partial charge in [0.15, 0.2) is 5.41 Å². The molecule has 0 amide bonds. The van der Waals surface area contributed by atoms with Crippen molar-refractivity contribution < 1.29 is 22.7 Å². The van der Waals surface area contributed by atoms with Crippen molar-refractivity contribution in [2.75, 3.05) is 0 Å². The Balaban J connectivity index is -0.000000602. The van der Waals surface area contributed by atoms with E-state index in [2.05, 4.69) is 6.92 Å². The molecule has 0 atom stereocenters. The molecule has 0 saturated carbocycles. The van der Waals surface area contributed by atoms with Crippen LogP contribution in [-0.2, 0) is 9.59 Å². The van der Waals surface area contributed by atoms with Crippen molar-refractivity contribution in [2.45, 2.75) is 84.5 Å². The van der Waals surface area contributed by atoms with Crippen LogP contribution in [0.2, 0.25) is 0 Å². The molecule has 0 aromatic rings. The van der Waals surface area contributed by atoms with E-state index in [-0.39, 0.29) is 32.3 Å². The summed E-state index contributed by atoms with van der Waals surface area (Å²) in [5.74, 6) is -2.47. The Kier molecular flexibility index (Phi) is 14.6. The zero-order valence-electron chi connectivity index (χ0n) is 15.7. The summed E-state index contributed by atoms with van der Waals surface area (Å²) < 4.78 is 0. The summed E-state index contributed by atoms with van der Waals surface area (Å²) in [7, 11) is 0. The zero-order valence-corrected chi connectivity index (χ0v) is 15.1. The maximum Gasteiger partial charge on any atom is 2.00 e. The number of carboxylic acid groups (broad SMARTS) is 2. The number of rotatable bonds is 13. The van der Waals surface area contributed by atoms with Gasteiger partial charge in [-0.2, -0.15) is 0 Å². The predicted octanol–water partition coefficient (Wildman–Crippen LogP) is 4.32. The Morgan fingerprint density at radius 1 is 0.810 bits per heavy atom. The molecule has 0 aliphatic carbocycles. The fourth-order valence-electron chi connectivity index (χ4n) is 2.27. The van der Waals surface area contributed by atoms with Gasteiger partial charge in [0, 0.05) is 0 Å². The Labute approximate surface area is 147 Å². The number of unbranched alkanes of at least 4 members (excludes halogenated alkanes) is 9. The van der Waals surface area contributed by atoms with Crippen LogP contribution >= 0.6 is 0 Å². The van der Waals surface area contributed by atoms with Crippen molar-refractivity contribution in [3.63, 3.8) is 0 Å². The molecule has 0 bridgehead atoms. The average Bonchev–Trinajstić information content (AvgIpc) is 2.40. The number of hydrogen-bond donors (Lipinski definition) is 2. The molecule has 0 aromatic heterocycles. The molecule has 0 rings (SSSR count). The molecule has 0 fully saturated rings. The summed E-state index contributed by atoms with van der Waals surface area (Å²) in [6, 6.07) is 0. The van der Waals surface area contributed by atoms with Crippen LogP contribution in [0.5, 0.6) is 0 Å². The van der Waals surface area contributed by atoms with Gasteiger partial charge in [0.25, 0.3) is 0 Å². The molecule has 0 unspecified atom stereocenters. The molecule has 4 nitrogen and oxygen atoms in total. The van der Waals surface area contributed by atoms with Crippen molar-refractivity contribution in [1.29, 1.82) is 0 Å². The summed E-state index contributed by atoms with van der Waals surface area (Å²) in [6.07, 6.45) is 11.8. The Morgan fingerprint density at radius 3 is 1.48 bits per heavy atom. The Morgan fingerprint density at radius 2 is 1.14 bits per heavy atom. The molecule has 122 valence electrons. The second kappa shape index (κ2) is 13.4. The van der Waals surface area contributed by atoms with E-state index in [9.17, 15) is 9.59 Å². The molecule has 2 N–H and O–H groups in total. The van der Waals surface area contributed by atoms with Gasteiger partial charge in [-0.05, 0) is 13.3 Å². The van der Waals surface area contributed by atoms with Gasteiger partial charge < -0.3 is 13.1 Å². The average molecular weight is 313 g/mol. The minimum atomic E-state index is -1.62. The molecule has 0 aliphatic rings. The molecule has 0 aliphatic heterocycles. The number of carbonyl (C=O) groups is 2. The van der Waals surface area contributed by atoms with E-state index in [1.807, 2.05) is 0 Å². The maximum atomic E-state index is 11.0. The van der Waals surface area contributed by atoms with E-state index in [0.29, 0.717) is 6.42 Å². The molecular formula is C16H32MgO4. The molecule has 0 spiro atoms. The molecule has 5 heteroatoms. The summed E-state index contributed by atoms with van der Waals surface area (Å²) in [6.45, 7) is 3.51. The van der Waals surface area contributed by atoms with Gasteiger partial charge >= 0.3 is 35.0 Å². The van der Waals surface area contributed by atoms with Gasteiger partial charge in [-0.1, -0.05) is 71.1 Å². The van der Waals surface area contributed by atoms with E-state index >= 15 is 0 Å². The smallest absolute Gasteiger partial charge is 1.00 e. The van der Waals surface area contributed by atoms with Crippen molar-refractivity contribution in [3.05, 3.63) is 0 Å². The minimum Gasteiger partial charge on any atom is -1.00 e. The van der Waals surface area contributed by atoms with Crippen molar-refractivity contribution in [2.24, 2.45) is 5.41 Å². The summed E-state index contributed by atoms with van der Waals surface area (Å²) in [5, 5.41) is 17.9. The van der Waals surface area contributed by atoms with Gasteiger partial charge in [-0.15, -0.1) is 0 Å². The molecule has 0 heterocycles. The first-order chi connectivity index (χ1) is 9.45. The summed E-state index contributed by atoms with van der Waals surface area (Å²) >= 11 is 0.